The van der Waals surface area contributed by atoms with Crippen LogP contribution < -0.4 is 5.32 Å². The smallest absolute Gasteiger partial charge is 0.327 e. The van der Waals surface area contributed by atoms with Gasteiger partial charge in [-0.1, -0.05) is 13.8 Å². The van der Waals surface area contributed by atoms with Gasteiger partial charge in [-0.05, 0) is 46.8 Å². The highest BCUT2D eigenvalue weighted by Crippen LogP contribution is 2.09. The molecule has 0 aliphatic heterocycles. The molecule has 0 aromatic heterocycles. The summed E-state index contributed by atoms with van der Waals surface area (Å²) in [7, 11) is 2.04. The van der Waals surface area contributed by atoms with E-state index in [9.17, 15) is 4.79 Å². The van der Waals surface area contributed by atoms with E-state index >= 15 is 0 Å². The fourth-order valence-electron chi connectivity index (χ4n) is 1.88. The van der Waals surface area contributed by atoms with E-state index in [-0.39, 0.29) is 5.97 Å². The zero-order chi connectivity index (χ0) is 13.3. The third-order valence-corrected chi connectivity index (χ3v) is 2.68. The zero-order valence-electron chi connectivity index (χ0n) is 12.0. The normalized spacial score (nSPS) is 14.7. The van der Waals surface area contributed by atoms with Crippen LogP contribution in [0.1, 0.15) is 40.5 Å². The lowest BCUT2D eigenvalue weighted by Gasteiger charge is -2.32. The van der Waals surface area contributed by atoms with Gasteiger partial charge in [-0.15, -0.1) is 0 Å². The molecule has 102 valence electrons. The van der Waals surface area contributed by atoms with Gasteiger partial charge in [-0.25, -0.2) is 0 Å². The zero-order valence-corrected chi connectivity index (χ0v) is 12.0. The van der Waals surface area contributed by atoms with Crippen LogP contribution in [-0.2, 0) is 9.53 Å². The molecule has 17 heavy (non-hydrogen) atoms. The standard InChI is InChI=1S/C13H28N2O2/c1-6-9-14-13(4,12(16)17-8-3)11-15(5)10-7-2/h14H,6-11H2,1-5H3. The Morgan fingerprint density at radius 2 is 1.94 bits per heavy atom. The number of carbonyl (C=O) groups is 1. The second-order valence-electron chi connectivity index (χ2n) is 4.72. The van der Waals surface area contributed by atoms with Gasteiger partial charge in [0, 0.05) is 6.54 Å². The van der Waals surface area contributed by atoms with Gasteiger partial charge in [0.1, 0.15) is 5.54 Å². The molecule has 0 rings (SSSR count). The molecule has 0 fully saturated rings. The van der Waals surface area contributed by atoms with Crippen LogP contribution in [-0.4, -0.2) is 49.7 Å². The summed E-state index contributed by atoms with van der Waals surface area (Å²) in [5.41, 5.74) is -0.601. The average molecular weight is 244 g/mol. The lowest BCUT2D eigenvalue weighted by atomic mass is 10.0. The van der Waals surface area contributed by atoms with E-state index in [0.717, 1.165) is 25.9 Å². The molecule has 0 saturated heterocycles. The Morgan fingerprint density at radius 3 is 2.41 bits per heavy atom. The summed E-state index contributed by atoms with van der Waals surface area (Å²) in [5, 5.41) is 3.30. The molecule has 0 aliphatic rings. The lowest BCUT2D eigenvalue weighted by molar-refractivity contribution is -0.151. The molecule has 0 bridgehead atoms. The predicted octanol–water partition coefficient (Wildman–Crippen LogP) is 1.65. The summed E-state index contributed by atoms with van der Waals surface area (Å²) in [4.78, 5) is 14.2. The van der Waals surface area contributed by atoms with Gasteiger partial charge >= 0.3 is 5.97 Å². The Bertz CT molecular complexity index is 221. The summed E-state index contributed by atoms with van der Waals surface area (Å²) in [6.45, 7) is 10.9. The Hall–Kier alpha value is -0.610. The summed E-state index contributed by atoms with van der Waals surface area (Å²) in [6, 6.07) is 0. The van der Waals surface area contributed by atoms with Crippen molar-refractivity contribution in [2.75, 3.05) is 33.3 Å². The van der Waals surface area contributed by atoms with Crippen molar-refractivity contribution in [1.82, 2.24) is 10.2 Å². The van der Waals surface area contributed by atoms with Crippen LogP contribution in [0.15, 0.2) is 0 Å². The van der Waals surface area contributed by atoms with Crippen molar-refractivity contribution in [2.24, 2.45) is 0 Å². The van der Waals surface area contributed by atoms with Gasteiger partial charge in [0.25, 0.3) is 0 Å². The fourth-order valence-corrected chi connectivity index (χ4v) is 1.88. The molecule has 1 atom stereocenters. The summed E-state index contributed by atoms with van der Waals surface area (Å²) in [5.74, 6) is -0.156. The van der Waals surface area contributed by atoms with E-state index in [2.05, 4.69) is 24.1 Å². The van der Waals surface area contributed by atoms with E-state index in [4.69, 9.17) is 4.74 Å². The highest BCUT2D eigenvalue weighted by atomic mass is 16.5. The third-order valence-electron chi connectivity index (χ3n) is 2.68. The monoisotopic (exact) mass is 244 g/mol. The first-order valence-corrected chi connectivity index (χ1v) is 6.61. The molecular formula is C13H28N2O2. The number of ether oxygens (including phenoxy) is 1. The molecule has 1 unspecified atom stereocenters. The number of hydrogen-bond acceptors (Lipinski definition) is 4. The molecular weight excluding hydrogens is 216 g/mol. The van der Waals surface area contributed by atoms with Crippen molar-refractivity contribution in [3.8, 4) is 0 Å². The second kappa shape index (κ2) is 8.48. The van der Waals surface area contributed by atoms with Crippen molar-refractivity contribution in [3.63, 3.8) is 0 Å². The van der Waals surface area contributed by atoms with Crippen molar-refractivity contribution in [1.29, 1.82) is 0 Å². The van der Waals surface area contributed by atoms with Gasteiger partial charge in [-0.2, -0.15) is 0 Å². The maximum absolute atomic E-state index is 12.0. The Kier molecular flexibility index (Phi) is 8.17. The van der Waals surface area contributed by atoms with Crippen molar-refractivity contribution in [2.45, 2.75) is 46.1 Å². The first kappa shape index (κ1) is 16.4. The van der Waals surface area contributed by atoms with Crippen LogP contribution in [0.3, 0.4) is 0 Å². The summed E-state index contributed by atoms with van der Waals surface area (Å²) in [6.07, 6.45) is 2.09. The predicted molar refractivity (Wildman–Crippen MR) is 71.1 cm³/mol. The number of nitrogens with zero attached hydrogens (tertiary/aromatic N) is 1. The lowest BCUT2D eigenvalue weighted by Crippen LogP contribution is -2.57. The largest absolute Gasteiger partial charge is 0.465 e. The van der Waals surface area contributed by atoms with Crippen LogP contribution in [0.4, 0.5) is 0 Å². The highest BCUT2D eigenvalue weighted by Gasteiger charge is 2.34. The van der Waals surface area contributed by atoms with E-state index < -0.39 is 5.54 Å². The minimum absolute atomic E-state index is 0.156. The van der Waals surface area contributed by atoms with E-state index in [1.54, 1.807) is 0 Å². The molecule has 4 heteroatoms. The quantitative estimate of drug-likeness (QED) is 0.626. The van der Waals surface area contributed by atoms with Crippen molar-refractivity contribution < 1.29 is 9.53 Å². The average Bonchev–Trinajstić information content (AvgIpc) is 2.27. The van der Waals surface area contributed by atoms with Crippen LogP contribution in [0.25, 0.3) is 0 Å². The second-order valence-corrected chi connectivity index (χ2v) is 4.72. The van der Waals surface area contributed by atoms with E-state index in [1.807, 2.05) is 20.9 Å². The molecule has 1 N–H and O–H groups in total. The Balaban J connectivity index is 4.52. The van der Waals surface area contributed by atoms with Crippen LogP contribution in [0, 0.1) is 0 Å². The molecule has 4 nitrogen and oxygen atoms in total. The fraction of sp³-hybridized carbons (Fsp3) is 0.923. The first-order valence-electron chi connectivity index (χ1n) is 6.61. The number of hydrogen-bond donors (Lipinski definition) is 1. The molecule has 0 spiro atoms. The molecule has 0 radical (unpaired) electrons. The van der Waals surface area contributed by atoms with Crippen LogP contribution in [0.5, 0.6) is 0 Å². The summed E-state index contributed by atoms with van der Waals surface area (Å²) >= 11 is 0. The highest BCUT2D eigenvalue weighted by molar-refractivity contribution is 5.80. The Labute approximate surface area is 106 Å². The molecule has 0 aromatic rings. The number of likely N-dealkylation sites (N-methyl/N-ethyl adjacent to an activating group) is 1. The number of esters is 1. The van der Waals surface area contributed by atoms with E-state index in [1.165, 1.54) is 0 Å². The Morgan fingerprint density at radius 1 is 1.29 bits per heavy atom. The third kappa shape index (κ3) is 6.03. The van der Waals surface area contributed by atoms with Crippen LogP contribution in [0.2, 0.25) is 0 Å². The van der Waals surface area contributed by atoms with Crippen LogP contribution >= 0.6 is 0 Å². The van der Waals surface area contributed by atoms with Gasteiger partial charge < -0.3 is 15.0 Å². The number of nitrogens with one attached hydrogen (secondary N) is 1. The minimum atomic E-state index is -0.601. The SMILES string of the molecule is CCCNC(C)(CN(C)CCC)C(=O)OCC. The van der Waals surface area contributed by atoms with Gasteiger partial charge in [0.05, 0.1) is 6.61 Å². The first-order chi connectivity index (χ1) is 8.00. The molecule has 0 saturated carbocycles. The van der Waals surface area contributed by atoms with Gasteiger partial charge in [0.15, 0.2) is 0 Å². The molecule has 0 aliphatic carbocycles. The summed E-state index contributed by atoms with van der Waals surface area (Å²) < 4.78 is 5.16. The molecule has 0 aromatic carbocycles. The topological polar surface area (TPSA) is 41.6 Å². The maximum Gasteiger partial charge on any atom is 0.327 e. The molecule has 0 amide bonds. The molecule has 0 heterocycles. The van der Waals surface area contributed by atoms with Crippen molar-refractivity contribution >= 4 is 5.97 Å². The van der Waals surface area contributed by atoms with Gasteiger partial charge in [0.2, 0.25) is 0 Å². The van der Waals surface area contributed by atoms with Gasteiger partial charge in [-0.3, -0.25) is 4.79 Å². The minimum Gasteiger partial charge on any atom is -0.465 e. The van der Waals surface area contributed by atoms with Crippen molar-refractivity contribution in [3.05, 3.63) is 0 Å². The number of rotatable bonds is 9. The van der Waals surface area contributed by atoms with E-state index in [0.29, 0.717) is 13.2 Å². The number of carbonyl (C=O) groups excluding carboxylic acids is 1. The maximum atomic E-state index is 12.0.